The van der Waals surface area contributed by atoms with Gasteiger partial charge in [0.2, 0.25) is 0 Å². The summed E-state index contributed by atoms with van der Waals surface area (Å²) >= 11 is 0. The van der Waals surface area contributed by atoms with E-state index in [1.54, 1.807) is 6.92 Å². The number of benzene rings is 2. The zero-order chi connectivity index (χ0) is 21.9. The number of aliphatic hydroxyl groups is 2. The average Bonchev–Trinajstić information content (AvgIpc) is 3.68. The van der Waals surface area contributed by atoms with Gasteiger partial charge in [-0.05, 0) is 25.0 Å². The van der Waals surface area contributed by atoms with Gasteiger partial charge >= 0.3 is 0 Å². The summed E-state index contributed by atoms with van der Waals surface area (Å²) in [5.41, 5.74) is 2.13. The Morgan fingerprint density at radius 1 is 0.933 bits per heavy atom. The van der Waals surface area contributed by atoms with Gasteiger partial charge in [-0.2, -0.15) is 0 Å². The van der Waals surface area contributed by atoms with Crippen LogP contribution in [0.3, 0.4) is 0 Å². The number of epoxide rings is 2. The number of rotatable bonds is 8. The predicted octanol–water partition coefficient (Wildman–Crippen LogP) is 3.20. The average molecular weight is 421 g/mol. The van der Waals surface area contributed by atoms with Crippen LogP contribution in [0.4, 0.5) is 0 Å². The first-order valence-electron chi connectivity index (χ1n) is 10.3. The van der Waals surface area contributed by atoms with Gasteiger partial charge in [0.05, 0.1) is 65.1 Å². The van der Waals surface area contributed by atoms with E-state index in [4.69, 9.17) is 24.4 Å². The molecule has 30 heavy (non-hydrogen) atoms. The highest BCUT2D eigenvalue weighted by atomic mass is 16.6. The van der Waals surface area contributed by atoms with Crippen LogP contribution in [-0.2, 0) is 32.2 Å². The minimum Gasteiger partial charge on any atom is -0.392 e. The molecule has 0 bridgehead atoms. The smallest absolute Gasteiger partial charge is 0.0781 e. The zero-order valence-corrected chi connectivity index (χ0v) is 18.1. The second-order valence-corrected chi connectivity index (χ2v) is 6.86. The van der Waals surface area contributed by atoms with Crippen LogP contribution in [0.1, 0.15) is 25.0 Å². The highest BCUT2D eigenvalue weighted by molar-refractivity contribution is 5.13. The van der Waals surface area contributed by atoms with E-state index in [0.717, 1.165) is 30.9 Å². The molecule has 2 aliphatic heterocycles. The molecule has 2 aromatic rings. The minimum atomic E-state index is -0.404. The van der Waals surface area contributed by atoms with Crippen LogP contribution in [0.25, 0.3) is 0 Å². The largest absolute Gasteiger partial charge is 0.392 e. The first-order valence-corrected chi connectivity index (χ1v) is 10.3. The van der Waals surface area contributed by atoms with Gasteiger partial charge in [0.1, 0.15) is 0 Å². The quantitative estimate of drug-likeness (QED) is 0.504. The molecule has 0 aromatic heterocycles. The Hall–Kier alpha value is -1.80. The van der Waals surface area contributed by atoms with E-state index in [0.29, 0.717) is 32.5 Å². The molecule has 2 aromatic carbocycles. The number of ether oxygens (including phenoxy) is 4. The Bertz CT molecular complexity index is 597. The van der Waals surface area contributed by atoms with Crippen molar-refractivity contribution < 1.29 is 29.2 Å². The van der Waals surface area contributed by atoms with Crippen molar-refractivity contribution in [2.75, 3.05) is 39.6 Å². The van der Waals surface area contributed by atoms with E-state index in [2.05, 4.69) is 11.7 Å². The van der Waals surface area contributed by atoms with Crippen LogP contribution in [0.15, 0.2) is 60.7 Å². The SMILES string of the molecule is C1CO1.CC(O)COCCOCc1ccccc1.CC1CO1.OCc1ccccc1. The second-order valence-electron chi connectivity index (χ2n) is 6.86. The summed E-state index contributed by atoms with van der Waals surface area (Å²) in [5, 5.41) is 17.5. The normalized spacial score (nSPS) is 16.5. The monoisotopic (exact) mass is 420 g/mol. The van der Waals surface area contributed by atoms with Crippen LogP contribution in [0, 0.1) is 0 Å². The molecule has 0 amide bonds. The third-order valence-electron chi connectivity index (χ3n) is 3.57. The summed E-state index contributed by atoms with van der Waals surface area (Å²) in [4.78, 5) is 0. The van der Waals surface area contributed by atoms with Crippen molar-refractivity contribution >= 4 is 0 Å². The highest BCUT2D eigenvalue weighted by Crippen LogP contribution is 2.04. The van der Waals surface area contributed by atoms with Gasteiger partial charge in [0.25, 0.3) is 0 Å². The first-order chi connectivity index (χ1) is 14.6. The molecular weight excluding hydrogens is 384 g/mol. The van der Waals surface area contributed by atoms with Gasteiger partial charge in [0.15, 0.2) is 0 Å². The molecule has 2 aliphatic rings. The van der Waals surface area contributed by atoms with Crippen LogP contribution in [0.5, 0.6) is 0 Å². The molecule has 0 spiro atoms. The van der Waals surface area contributed by atoms with Crippen LogP contribution in [-0.4, -0.2) is 62.1 Å². The molecule has 0 saturated carbocycles. The fourth-order valence-electron chi connectivity index (χ4n) is 1.82. The predicted molar refractivity (Wildman–Crippen MR) is 117 cm³/mol. The van der Waals surface area contributed by atoms with E-state index in [1.165, 1.54) is 0 Å². The van der Waals surface area contributed by atoms with Crippen LogP contribution >= 0.6 is 0 Å². The molecule has 0 radical (unpaired) electrons. The van der Waals surface area contributed by atoms with Crippen molar-refractivity contribution in [1.82, 2.24) is 0 Å². The first kappa shape index (κ1) is 26.2. The maximum absolute atomic E-state index is 8.92. The summed E-state index contributed by atoms with van der Waals surface area (Å²) in [6, 6.07) is 19.5. The Labute approximate surface area is 180 Å². The molecule has 2 heterocycles. The highest BCUT2D eigenvalue weighted by Gasteiger charge is 2.13. The summed E-state index contributed by atoms with van der Waals surface area (Å²) in [6.45, 7) is 8.94. The lowest BCUT2D eigenvalue weighted by Gasteiger charge is -2.07. The van der Waals surface area contributed by atoms with Crippen LogP contribution < -0.4 is 0 Å². The van der Waals surface area contributed by atoms with Crippen molar-refractivity contribution in [2.24, 2.45) is 0 Å². The maximum atomic E-state index is 8.92. The standard InChI is InChI=1S/C12H18O3.C7H8O.C3H6O.C2H4O/c1-11(13)9-14-7-8-15-10-12-5-3-2-4-6-12;8-6-7-4-2-1-3-5-7;1-3-2-4-3;1-2-3-1/h2-6,11,13H,7-10H2,1H3;1-5,8H,6H2;3H,2H2,1H3;1-2H2. The van der Waals surface area contributed by atoms with Crippen molar-refractivity contribution in [3.05, 3.63) is 71.8 Å². The summed E-state index contributed by atoms with van der Waals surface area (Å²) in [5.74, 6) is 0. The molecule has 6 heteroatoms. The lowest BCUT2D eigenvalue weighted by molar-refractivity contribution is 0.00562. The van der Waals surface area contributed by atoms with Gasteiger partial charge < -0.3 is 29.2 Å². The second kappa shape index (κ2) is 18.0. The van der Waals surface area contributed by atoms with Crippen molar-refractivity contribution in [3.63, 3.8) is 0 Å². The van der Waals surface area contributed by atoms with Gasteiger partial charge in [-0.3, -0.25) is 0 Å². The molecule has 2 unspecified atom stereocenters. The third kappa shape index (κ3) is 19.5. The Morgan fingerprint density at radius 3 is 1.77 bits per heavy atom. The van der Waals surface area contributed by atoms with Gasteiger partial charge in [-0.15, -0.1) is 0 Å². The number of aliphatic hydroxyl groups excluding tert-OH is 2. The summed E-state index contributed by atoms with van der Waals surface area (Å²) < 4.78 is 19.8. The maximum Gasteiger partial charge on any atom is 0.0781 e. The summed E-state index contributed by atoms with van der Waals surface area (Å²) in [6.07, 6.45) is 0.180. The molecule has 2 fully saturated rings. The van der Waals surface area contributed by atoms with Gasteiger partial charge in [0, 0.05) is 0 Å². The van der Waals surface area contributed by atoms with Crippen molar-refractivity contribution in [3.8, 4) is 0 Å². The topological polar surface area (TPSA) is 84.0 Å². The lowest BCUT2D eigenvalue weighted by atomic mass is 10.2. The molecule has 2 atom stereocenters. The lowest BCUT2D eigenvalue weighted by Crippen LogP contribution is -2.13. The fourth-order valence-corrected chi connectivity index (χ4v) is 1.82. The van der Waals surface area contributed by atoms with Gasteiger partial charge in [-0.25, -0.2) is 0 Å². The molecule has 168 valence electrons. The number of hydrogen-bond acceptors (Lipinski definition) is 6. The molecule has 2 N–H and O–H groups in total. The van der Waals surface area contributed by atoms with E-state index in [9.17, 15) is 0 Å². The van der Waals surface area contributed by atoms with E-state index < -0.39 is 6.10 Å². The minimum absolute atomic E-state index is 0.140. The molecule has 2 saturated heterocycles. The van der Waals surface area contributed by atoms with Gasteiger partial charge in [-0.1, -0.05) is 60.7 Å². The van der Waals surface area contributed by atoms with E-state index in [-0.39, 0.29) is 6.61 Å². The molecular formula is C24H36O6. The van der Waals surface area contributed by atoms with Crippen LogP contribution in [0.2, 0.25) is 0 Å². The van der Waals surface area contributed by atoms with Crippen molar-refractivity contribution in [2.45, 2.75) is 39.3 Å². The number of hydrogen-bond donors (Lipinski definition) is 2. The molecule has 6 nitrogen and oxygen atoms in total. The third-order valence-corrected chi connectivity index (χ3v) is 3.57. The fraction of sp³-hybridized carbons (Fsp3) is 0.500. The Balaban J connectivity index is 0.000000244. The van der Waals surface area contributed by atoms with E-state index >= 15 is 0 Å². The van der Waals surface area contributed by atoms with E-state index in [1.807, 2.05) is 60.7 Å². The zero-order valence-electron chi connectivity index (χ0n) is 18.1. The summed E-state index contributed by atoms with van der Waals surface area (Å²) in [7, 11) is 0. The molecule has 0 aliphatic carbocycles. The van der Waals surface area contributed by atoms with Crippen molar-refractivity contribution in [1.29, 1.82) is 0 Å². The Morgan fingerprint density at radius 2 is 1.40 bits per heavy atom. The molecule has 4 rings (SSSR count). The Kier molecular flexibility index (Phi) is 15.7.